The Morgan fingerprint density at radius 1 is 1.22 bits per heavy atom. The van der Waals surface area contributed by atoms with E-state index in [-0.39, 0.29) is 0 Å². The van der Waals surface area contributed by atoms with Crippen LogP contribution in [0.3, 0.4) is 0 Å². The van der Waals surface area contributed by atoms with Crippen molar-refractivity contribution >= 4 is 5.82 Å². The average Bonchev–Trinajstić information content (AvgIpc) is 2.41. The number of aliphatic hydroxyl groups is 3. The fourth-order valence-electron chi connectivity index (χ4n) is 1.36. The summed E-state index contributed by atoms with van der Waals surface area (Å²) < 4.78 is 5.31. The van der Waals surface area contributed by atoms with Gasteiger partial charge in [0.15, 0.2) is 0 Å². The van der Waals surface area contributed by atoms with E-state index < -0.39 is 25.4 Å². The molecule has 0 atom stereocenters. The van der Waals surface area contributed by atoms with Gasteiger partial charge in [-0.2, -0.15) is 0 Å². The van der Waals surface area contributed by atoms with Gasteiger partial charge in [0.2, 0.25) is 5.88 Å². The van der Waals surface area contributed by atoms with Crippen LogP contribution in [-0.2, 0) is 0 Å². The monoisotopic (exact) mass is 257 g/mol. The Bertz CT molecular complexity index is 374. The van der Waals surface area contributed by atoms with Gasteiger partial charge in [-0.1, -0.05) is 0 Å². The van der Waals surface area contributed by atoms with Crippen LogP contribution in [0, 0.1) is 6.92 Å². The van der Waals surface area contributed by atoms with E-state index in [9.17, 15) is 15.3 Å². The van der Waals surface area contributed by atoms with Crippen molar-refractivity contribution in [2.45, 2.75) is 19.4 Å². The highest BCUT2D eigenvalue weighted by molar-refractivity contribution is 5.49. The molecular weight excluding hydrogens is 238 g/mol. The maximum atomic E-state index is 9.24. The maximum Gasteiger partial charge on any atom is 0.221 e. The minimum atomic E-state index is -1.22. The van der Waals surface area contributed by atoms with Crippen molar-refractivity contribution in [2.75, 3.05) is 31.7 Å². The van der Waals surface area contributed by atoms with E-state index in [1.165, 1.54) is 6.33 Å². The Kier molecular flexibility index (Phi) is 5.26. The average molecular weight is 257 g/mol. The van der Waals surface area contributed by atoms with Gasteiger partial charge >= 0.3 is 0 Å². The van der Waals surface area contributed by atoms with Gasteiger partial charge in [0.05, 0.1) is 32.0 Å². The Hall–Kier alpha value is -1.44. The number of nitrogens with zero attached hydrogens (tertiary/aromatic N) is 2. The first-order valence-corrected chi connectivity index (χ1v) is 5.67. The van der Waals surface area contributed by atoms with Gasteiger partial charge in [-0.25, -0.2) is 9.97 Å². The lowest BCUT2D eigenvalue weighted by Crippen LogP contribution is -2.49. The summed E-state index contributed by atoms with van der Waals surface area (Å²) in [5.41, 5.74) is -0.568. The van der Waals surface area contributed by atoms with Crippen LogP contribution in [-0.4, -0.2) is 57.3 Å². The van der Waals surface area contributed by atoms with E-state index >= 15 is 0 Å². The fraction of sp³-hybridized carbons (Fsp3) is 0.636. The largest absolute Gasteiger partial charge is 0.478 e. The third-order valence-electron chi connectivity index (χ3n) is 2.61. The SMILES string of the molecule is CCOc1ncnc(NC(CO)(CO)CO)c1C. The first-order chi connectivity index (χ1) is 8.62. The van der Waals surface area contributed by atoms with Gasteiger partial charge in [-0.05, 0) is 13.8 Å². The summed E-state index contributed by atoms with van der Waals surface area (Å²) >= 11 is 0. The second-order valence-electron chi connectivity index (χ2n) is 3.97. The van der Waals surface area contributed by atoms with Crippen molar-refractivity contribution in [3.8, 4) is 5.88 Å². The zero-order chi connectivity index (χ0) is 13.6. The van der Waals surface area contributed by atoms with E-state index in [0.29, 0.717) is 23.9 Å². The molecule has 7 nitrogen and oxygen atoms in total. The topological polar surface area (TPSA) is 108 Å². The van der Waals surface area contributed by atoms with Crippen LogP contribution >= 0.6 is 0 Å². The zero-order valence-corrected chi connectivity index (χ0v) is 10.6. The van der Waals surface area contributed by atoms with E-state index in [2.05, 4.69) is 15.3 Å². The molecule has 0 spiro atoms. The van der Waals surface area contributed by atoms with Crippen LogP contribution in [0.15, 0.2) is 6.33 Å². The van der Waals surface area contributed by atoms with Crippen molar-refractivity contribution in [2.24, 2.45) is 0 Å². The Balaban J connectivity index is 2.99. The molecule has 4 N–H and O–H groups in total. The number of hydrogen-bond donors (Lipinski definition) is 4. The molecule has 0 aromatic carbocycles. The number of hydrogen-bond acceptors (Lipinski definition) is 7. The quantitative estimate of drug-likeness (QED) is 0.512. The van der Waals surface area contributed by atoms with Crippen molar-refractivity contribution < 1.29 is 20.1 Å². The molecule has 0 saturated carbocycles. The lowest BCUT2D eigenvalue weighted by Gasteiger charge is -2.29. The van der Waals surface area contributed by atoms with Gasteiger partial charge in [-0.15, -0.1) is 0 Å². The molecule has 1 rings (SSSR count). The highest BCUT2D eigenvalue weighted by Crippen LogP contribution is 2.23. The van der Waals surface area contributed by atoms with E-state index in [1.807, 2.05) is 6.92 Å². The Morgan fingerprint density at radius 2 is 1.83 bits per heavy atom. The molecule has 0 saturated heterocycles. The van der Waals surface area contributed by atoms with E-state index in [0.717, 1.165) is 0 Å². The highest BCUT2D eigenvalue weighted by atomic mass is 16.5. The third-order valence-corrected chi connectivity index (χ3v) is 2.61. The van der Waals surface area contributed by atoms with Gasteiger partial charge in [0, 0.05) is 0 Å². The predicted octanol–water partition coefficient (Wildman–Crippen LogP) is -0.689. The molecule has 0 aliphatic heterocycles. The molecule has 0 amide bonds. The highest BCUT2D eigenvalue weighted by Gasteiger charge is 2.29. The predicted molar refractivity (Wildman–Crippen MR) is 65.5 cm³/mol. The molecule has 1 heterocycles. The number of nitrogens with one attached hydrogen (secondary N) is 1. The summed E-state index contributed by atoms with van der Waals surface area (Å²) in [7, 11) is 0. The van der Waals surface area contributed by atoms with Crippen LogP contribution in [0.25, 0.3) is 0 Å². The third kappa shape index (κ3) is 3.06. The Morgan fingerprint density at radius 3 is 2.33 bits per heavy atom. The second-order valence-corrected chi connectivity index (χ2v) is 3.97. The summed E-state index contributed by atoms with van der Waals surface area (Å²) in [6, 6.07) is 0. The first-order valence-electron chi connectivity index (χ1n) is 5.67. The minimum Gasteiger partial charge on any atom is -0.478 e. The van der Waals surface area contributed by atoms with Gasteiger partial charge in [0.25, 0.3) is 0 Å². The first kappa shape index (κ1) is 14.6. The van der Waals surface area contributed by atoms with Gasteiger partial charge in [0.1, 0.15) is 17.7 Å². The lowest BCUT2D eigenvalue weighted by molar-refractivity contribution is 0.0830. The number of ether oxygens (including phenoxy) is 1. The molecule has 18 heavy (non-hydrogen) atoms. The molecule has 0 bridgehead atoms. The standard InChI is InChI=1S/C11H19N3O4/c1-3-18-10-8(2)9(12-7-13-10)14-11(4-15,5-16)6-17/h7,15-17H,3-6H2,1-2H3,(H,12,13,14). The summed E-state index contributed by atoms with van der Waals surface area (Å²) in [5, 5.41) is 30.6. The molecule has 0 aliphatic carbocycles. The van der Waals surface area contributed by atoms with Crippen LogP contribution in [0.4, 0.5) is 5.82 Å². The number of anilines is 1. The smallest absolute Gasteiger partial charge is 0.221 e. The zero-order valence-electron chi connectivity index (χ0n) is 10.6. The molecule has 7 heteroatoms. The molecule has 0 unspecified atom stereocenters. The molecule has 0 fully saturated rings. The molecule has 1 aromatic rings. The van der Waals surface area contributed by atoms with E-state index in [1.54, 1.807) is 6.92 Å². The van der Waals surface area contributed by atoms with Crippen LogP contribution in [0.5, 0.6) is 5.88 Å². The van der Waals surface area contributed by atoms with Gasteiger partial charge in [-0.3, -0.25) is 0 Å². The van der Waals surface area contributed by atoms with Gasteiger partial charge < -0.3 is 25.4 Å². The van der Waals surface area contributed by atoms with Crippen molar-refractivity contribution in [3.63, 3.8) is 0 Å². The van der Waals surface area contributed by atoms with Crippen LogP contribution in [0.2, 0.25) is 0 Å². The van der Waals surface area contributed by atoms with Crippen molar-refractivity contribution in [1.82, 2.24) is 9.97 Å². The fourth-order valence-corrected chi connectivity index (χ4v) is 1.36. The second kappa shape index (κ2) is 6.48. The Labute approximate surface area is 105 Å². The summed E-state index contributed by atoms with van der Waals surface area (Å²) in [5.74, 6) is 0.836. The van der Waals surface area contributed by atoms with Crippen molar-refractivity contribution in [3.05, 3.63) is 11.9 Å². The molecule has 0 aliphatic rings. The van der Waals surface area contributed by atoms with E-state index in [4.69, 9.17) is 4.74 Å². The lowest BCUT2D eigenvalue weighted by atomic mass is 10.0. The number of rotatable bonds is 7. The summed E-state index contributed by atoms with van der Waals surface area (Å²) in [6.07, 6.45) is 1.32. The molecule has 0 radical (unpaired) electrons. The minimum absolute atomic E-state index is 0.408. The maximum absolute atomic E-state index is 9.24. The summed E-state index contributed by atoms with van der Waals surface area (Å²) in [6.45, 7) is 2.80. The van der Waals surface area contributed by atoms with Crippen LogP contribution < -0.4 is 10.1 Å². The van der Waals surface area contributed by atoms with Crippen molar-refractivity contribution in [1.29, 1.82) is 0 Å². The van der Waals surface area contributed by atoms with Crippen LogP contribution in [0.1, 0.15) is 12.5 Å². The number of aromatic nitrogens is 2. The normalized spacial score (nSPS) is 11.4. The molecule has 1 aromatic heterocycles. The molecular formula is C11H19N3O4. The number of aliphatic hydroxyl groups excluding tert-OH is 3. The summed E-state index contributed by atoms with van der Waals surface area (Å²) in [4.78, 5) is 7.99. The molecule has 102 valence electrons.